The van der Waals surface area contributed by atoms with Crippen molar-refractivity contribution in [3.63, 3.8) is 0 Å². The lowest BCUT2D eigenvalue weighted by Crippen LogP contribution is -2.32. The first-order valence-corrected chi connectivity index (χ1v) is 20.3. The SMILES string of the molecule is CC1(C)c2ccccc2-c2ccc(N(c3ccc4c(c3)-c3ccccc3C43c4ccccc4Oc4cc5ccccc5cc43)c3ccccc3-c3ccccc3)cc21. The van der Waals surface area contributed by atoms with E-state index in [0.29, 0.717) is 0 Å². The highest BCUT2D eigenvalue weighted by Gasteiger charge is 2.51. The molecule has 58 heavy (non-hydrogen) atoms. The predicted octanol–water partition coefficient (Wildman–Crippen LogP) is 14.8. The predicted molar refractivity (Wildman–Crippen MR) is 239 cm³/mol. The molecule has 0 N–H and O–H groups in total. The summed E-state index contributed by atoms with van der Waals surface area (Å²) in [6, 6.07) is 73.7. The van der Waals surface area contributed by atoms with E-state index in [0.717, 1.165) is 28.6 Å². The molecule has 0 radical (unpaired) electrons. The van der Waals surface area contributed by atoms with Crippen molar-refractivity contribution in [1.82, 2.24) is 0 Å². The van der Waals surface area contributed by atoms with Gasteiger partial charge >= 0.3 is 0 Å². The van der Waals surface area contributed by atoms with E-state index in [-0.39, 0.29) is 5.41 Å². The molecule has 0 saturated heterocycles. The fourth-order valence-electron chi connectivity index (χ4n) is 10.5. The Kier molecular flexibility index (Phi) is 6.93. The zero-order valence-corrected chi connectivity index (χ0v) is 32.4. The van der Waals surface area contributed by atoms with Crippen LogP contribution in [0.5, 0.6) is 11.5 Å². The molecule has 9 aromatic carbocycles. The Labute approximate surface area is 339 Å². The smallest absolute Gasteiger partial charge is 0.132 e. The van der Waals surface area contributed by atoms with Crippen LogP contribution in [-0.2, 0) is 10.8 Å². The van der Waals surface area contributed by atoms with Crippen molar-refractivity contribution in [2.45, 2.75) is 24.7 Å². The van der Waals surface area contributed by atoms with Crippen LogP contribution < -0.4 is 9.64 Å². The fraction of sp³-hybridized carbons (Fsp3) is 0.0714. The molecule has 0 saturated carbocycles. The van der Waals surface area contributed by atoms with E-state index in [1.54, 1.807) is 0 Å². The molecule has 274 valence electrons. The number of benzene rings is 9. The minimum atomic E-state index is -0.561. The first-order chi connectivity index (χ1) is 28.5. The van der Waals surface area contributed by atoms with Crippen LogP contribution in [0.15, 0.2) is 200 Å². The summed E-state index contributed by atoms with van der Waals surface area (Å²) in [6.45, 7) is 4.73. The number of ether oxygens (including phenoxy) is 1. The van der Waals surface area contributed by atoms with Crippen LogP contribution in [0.25, 0.3) is 44.2 Å². The van der Waals surface area contributed by atoms with Gasteiger partial charge in [0.1, 0.15) is 11.5 Å². The van der Waals surface area contributed by atoms with Crippen LogP contribution in [0.2, 0.25) is 0 Å². The number of para-hydroxylation sites is 2. The molecule has 0 aromatic heterocycles. The molecule has 1 atom stereocenters. The van der Waals surface area contributed by atoms with Gasteiger partial charge in [-0.25, -0.2) is 0 Å². The van der Waals surface area contributed by atoms with E-state index in [1.807, 2.05) is 0 Å². The molecule has 1 heterocycles. The third-order valence-electron chi connectivity index (χ3n) is 13.1. The van der Waals surface area contributed by atoms with Gasteiger partial charge in [-0.2, -0.15) is 0 Å². The molecular weight excluding hydrogens is 703 g/mol. The van der Waals surface area contributed by atoms with Gasteiger partial charge in [0.15, 0.2) is 0 Å². The van der Waals surface area contributed by atoms with Crippen molar-refractivity contribution in [3.8, 4) is 44.9 Å². The Hall–Kier alpha value is -7.16. The lowest BCUT2D eigenvalue weighted by Gasteiger charge is -2.39. The van der Waals surface area contributed by atoms with Crippen LogP contribution in [0.1, 0.15) is 47.2 Å². The van der Waals surface area contributed by atoms with E-state index in [4.69, 9.17) is 4.74 Å². The number of rotatable bonds is 4. The summed E-state index contributed by atoms with van der Waals surface area (Å²) in [7, 11) is 0. The Morgan fingerprint density at radius 3 is 1.74 bits per heavy atom. The van der Waals surface area contributed by atoms with Gasteiger partial charge in [0.25, 0.3) is 0 Å². The van der Waals surface area contributed by atoms with Crippen molar-refractivity contribution in [1.29, 1.82) is 0 Å². The standard InChI is InChI=1S/C56H39NO/c1-55(2)46-23-11-8-21-42(46)44-30-28-40(35-50(44)55)57(52-26-14-10-20-41(52)36-16-4-3-5-17-36)39-29-31-48-45(34-39)43-22-9-12-24-47(43)56(48)49-25-13-15-27-53(49)58-54-33-38-19-7-6-18-37(38)32-51(54)56/h3-35H,1-2H3. The minimum absolute atomic E-state index is 0.135. The zero-order chi connectivity index (χ0) is 38.6. The van der Waals surface area contributed by atoms with Crippen LogP contribution in [0.3, 0.4) is 0 Å². The third-order valence-corrected chi connectivity index (χ3v) is 13.1. The maximum absolute atomic E-state index is 6.80. The summed E-state index contributed by atoms with van der Waals surface area (Å²) in [5.74, 6) is 1.81. The summed E-state index contributed by atoms with van der Waals surface area (Å²) < 4.78 is 6.80. The van der Waals surface area contributed by atoms with E-state index >= 15 is 0 Å². The maximum atomic E-state index is 6.80. The number of hydrogen-bond donors (Lipinski definition) is 0. The van der Waals surface area contributed by atoms with Crippen LogP contribution >= 0.6 is 0 Å². The van der Waals surface area contributed by atoms with Crippen LogP contribution in [0, 0.1) is 0 Å². The van der Waals surface area contributed by atoms with Crippen LogP contribution in [-0.4, -0.2) is 0 Å². The maximum Gasteiger partial charge on any atom is 0.132 e. The second-order valence-electron chi connectivity index (χ2n) is 16.4. The average molecular weight is 742 g/mol. The van der Waals surface area contributed by atoms with Gasteiger partial charge in [-0.05, 0) is 109 Å². The number of nitrogens with zero attached hydrogens (tertiary/aromatic N) is 1. The van der Waals surface area contributed by atoms with Crippen molar-refractivity contribution >= 4 is 27.8 Å². The van der Waals surface area contributed by atoms with Gasteiger partial charge in [0.05, 0.1) is 11.1 Å². The third kappa shape index (κ3) is 4.49. The van der Waals surface area contributed by atoms with E-state index < -0.39 is 5.41 Å². The van der Waals surface area contributed by atoms with Crippen LogP contribution in [0.4, 0.5) is 17.1 Å². The molecule has 9 aromatic rings. The lowest BCUT2D eigenvalue weighted by molar-refractivity contribution is 0.437. The normalized spacial score (nSPS) is 16.1. The Morgan fingerprint density at radius 1 is 0.362 bits per heavy atom. The molecule has 12 rings (SSSR count). The van der Waals surface area contributed by atoms with Gasteiger partial charge in [-0.1, -0.05) is 166 Å². The lowest BCUT2D eigenvalue weighted by atomic mass is 9.66. The van der Waals surface area contributed by atoms with Gasteiger partial charge in [0.2, 0.25) is 0 Å². The molecular formula is C56H39NO. The first-order valence-electron chi connectivity index (χ1n) is 20.3. The Morgan fingerprint density at radius 2 is 0.931 bits per heavy atom. The van der Waals surface area contributed by atoms with Gasteiger partial charge in [-0.3, -0.25) is 0 Å². The molecule has 3 aliphatic rings. The Balaban J connectivity index is 1.13. The Bertz CT molecular complexity index is 3140. The fourth-order valence-corrected chi connectivity index (χ4v) is 10.5. The molecule has 1 unspecified atom stereocenters. The summed E-state index contributed by atoms with van der Waals surface area (Å²) in [6.07, 6.45) is 0. The molecule has 0 amide bonds. The second kappa shape index (κ2) is 12.2. The highest BCUT2D eigenvalue weighted by atomic mass is 16.5. The van der Waals surface area contributed by atoms with Crippen molar-refractivity contribution in [3.05, 3.63) is 234 Å². The number of hydrogen-bond acceptors (Lipinski definition) is 2. The summed E-state index contributed by atoms with van der Waals surface area (Å²) in [4.78, 5) is 2.48. The number of fused-ring (bicyclic) bond motifs is 13. The highest BCUT2D eigenvalue weighted by Crippen LogP contribution is 2.63. The minimum Gasteiger partial charge on any atom is -0.457 e. The van der Waals surface area contributed by atoms with Crippen molar-refractivity contribution < 1.29 is 4.74 Å². The first kappa shape index (κ1) is 33.0. The molecule has 2 aliphatic carbocycles. The van der Waals surface area contributed by atoms with Gasteiger partial charge in [0, 0.05) is 33.5 Å². The van der Waals surface area contributed by atoms with E-state index in [2.05, 4.69) is 219 Å². The monoisotopic (exact) mass is 741 g/mol. The second-order valence-corrected chi connectivity index (χ2v) is 16.4. The average Bonchev–Trinajstić information content (AvgIpc) is 3.69. The van der Waals surface area contributed by atoms with Gasteiger partial charge < -0.3 is 9.64 Å². The molecule has 1 spiro atoms. The summed E-state index contributed by atoms with van der Waals surface area (Å²) >= 11 is 0. The largest absolute Gasteiger partial charge is 0.457 e. The summed E-state index contributed by atoms with van der Waals surface area (Å²) in [5.41, 5.74) is 17.8. The van der Waals surface area contributed by atoms with E-state index in [9.17, 15) is 0 Å². The molecule has 0 fully saturated rings. The molecule has 2 nitrogen and oxygen atoms in total. The molecule has 0 bridgehead atoms. The topological polar surface area (TPSA) is 12.5 Å². The van der Waals surface area contributed by atoms with E-state index in [1.165, 1.54) is 77.5 Å². The summed E-state index contributed by atoms with van der Waals surface area (Å²) in [5, 5.41) is 2.38. The molecule has 2 heteroatoms. The van der Waals surface area contributed by atoms with Crippen molar-refractivity contribution in [2.75, 3.05) is 4.90 Å². The number of anilines is 3. The zero-order valence-electron chi connectivity index (χ0n) is 32.4. The van der Waals surface area contributed by atoms with Gasteiger partial charge in [-0.15, -0.1) is 0 Å². The van der Waals surface area contributed by atoms with Crippen molar-refractivity contribution in [2.24, 2.45) is 0 Å². The quantitative estimate of drug-likeness (QED) is 0.178. The highest BCUT2D eigenvalue weighted by molar-refractivity contribution is 5.96. The molecule has 1 aliphatic heterocycles.